The van der Waals surface area contributed by atoms with Crippen LogP contribution in [0.3, 0.4) is 0 Å². The van der Waals surface area contributed by atoms with Crippen LogP contribution in [0, 0.1) is 19.8 Å². The summed E-state index contributed by atoms with van der Waals surface area (Å²) < 4.78 is 0. The first-order valence-corrected chi connectivity index (χ1v) is 10.9. The minimum Gasteiger partial charge on any atom is -0.347 e. The fourth-order valence-electron chi connectivity index (χ4n) is 3.42. The molecule has 7 heteroatoms. The van der Waals surface area contributed by atoms with Crippen LogP contribution >= 0.6 is 22.9 Å². The predicted molar refractivity (Wildman–Crippen MR) is 113 cm³/mol. The van der Waals surface area contributed by atoms with Crippen LogP contribution in [0.2, 0.25) is 5.02 Å². The molecule has 1 N–H and O–H groups in total. The molecular weight excluding hydrogens is 394 g/mol. The van der Waals surface area contributed by atoms with Gasteiger partial charge in [0.05, 0.1) is 22.3 Å². The van der Waals surface area contributed by atoms with Gasteiger partial charge in [-0.3, -0.25) is 9.59 Å². The van der Waals surface area contributed by atoms with E-state index >= 15 is 0 Å². The van der Waals surface area contributed by atoms with E-state index in [4.69, 9.17) is 11.6 Å². The summed E-state index contributed by atoms with van der Waals surface area (Å²) in [6.45, 7) is 7.23. The van der Waals surface area contributed by atoms with Crippen molar-refractivity contribution in [2.24, 2.45) is 5.92 Å². The van der Waals surface area contributed by atoms with Crippen LogP contribution in [-0.4, -0.2) is 34.8 Å². The average molecular weight is 420 g/mol. The number of halogens is 1. The van der Waals surface area contributed by atoms with Crippen molar-refractivity contribution in [2.75, 3.05) is 13.1 Å². The van der Waals surface area contributed by atoms with Gasteiger partial charge in [0, 0.05) is 23.9 Å². The van der Waals surface area contributed by atoms with Crippen LogP contribution in [-0.2, 0) is 4.79 Å². The number of piperidine rings is 1. The first-order chi connectivity index (χ1) is 13.4. The van der Waals surface area contributed by atoms with Gasteiger partial charge in [-0.1, -0.05) is 30.7 Å². The third-order valence-electron chi connectivity index (χ3n) is 5.33. The normalized spacial score (nSPS) is 16.1. The molecular formula is C21H26ClN3O2S. The molecule has 0 radical (unpaired) electrons. The van der Waals surface area contributed by atoms with E-state index in [-0.39, 0.29) is 23.8 Å². The van der Waals surface area contributed by atoms with Crippen molar-refractivity contribution in [1.29, 1.82) is 0 Å². The molecule has 1 atom stereocenters. The molecule has 1 unspecified atom stereocenters. The lowest BCUT2D eigenvalue weighted by atomic mass is 9.95. The highest BCUT2D eigenvalue weighted by molar-refractivity contribution is 7.11. The number of hydrogen-bond acceptors (Lipinski definition) is 4. The van der Waals surface area contributed by atoms with Gasteiger partial charge >= 0.3 is 0 Å². The number of aryl methyl sites for hydroxylation is 2. The molecule has 0 spiro atoms. The van der Waals surface area contributed by atoms with Gasteiger partial charge in [0.25, 0.3) is 5.91 Å². The molecule has 2 heterocycles. The van der Waals surface area contributed by atoms with E-state index in [0.717, 1.165) is 17.1 Å². The molecule has 28 heavy (non-hydrogen) atoms. The van der Waals surface area contributed by atoms with Gasteiger partial charge in [0.2, 0.25) is 5.91 Å². The van der Waals surface area contributed by atoms with Crippen LogP contribution in [0.15, 0.2) is 24.3 Å². The number of carbonyl (C=O) groups excluding carboxylic acids is 2. The zero-order valence-electron chi connectivity index (χ0n) is 16.5. The predicted octanol–water partition coefficient (Wildman–Crippen LogP) is 4.53. The standard InChI is InChI=1S/C21H26ClN3O2S/c1-4-18(20-23-13(2)14(3)28-20)24-19(26)15-9-11-25(12-10-15)21(27)16-7-5-6-8-17(16)22/h5-8,15,18H,4,9-12H2,1-3H3,(H,24,26). The van der Waals surface area contributed by atoms with Crippen LogP contribution in [0.4, 0.5) is 0 Å². The third kappa shape index (κ3) is 4.55. The number of hydrogen-bond donors (Lipinski definition) is 1. The second-order valence-corrected chi connectivity index (χ2v) is 8.85. The van der Waals surface area contributed by atoms with Gasteiger partial charge in [-0.25, -0.2) is 4.98 Å². The Bertz CT molecular complexity index is 840. The topological polar surface area (TPSA) is 62.3 Å². The molecule has 1 aromatic heterocycles. The molecule has 2 amide bonds. The molecule has 0 saturated carbocycles. The number of thiazole rings is 1. The zero-order chi connectivity index (χ0) is 20.3. The summed E-state index contributed by atoms with van der Waals surface area (Å²) >= 11 is 7.79. The van der Waals surface area contributed by atoms with Crippen molar-refractivity contribution >= 4 is 34.8 Å². The molecule has 1 aliphatic rings. The number of benzene rings is 1. The number of carbonyl (C=O) groups is 2. The number of amides is 2. The summed E-state index contributed by atoms with van der Waals surface area (Å²) in [6.07, 6.45) is 2.13. The highest BCUT2D eigenvalue weighted by Gasteiger charge is 2.30. The molecule has 0 aliphatic carbocycles. The van der Waals surface area contributed by atoms with Crippen LogP contribution in [0.25, 0.3) is 0 Å². The van der Waals surface area contributed by atoms with Crippen LogP contribution in [0.1, 0.15) is 58.2 Å². The molecule has 1 aliphatic heterocycles. The quantitative estimate of drug-likeness (QED) is 0.774. The monoisotopic (exact) mass is 419 g/mol. The third-order valence-corrected chi connectivity index (χ3v) is 6.84. The first kappa shape index (κ1) is 20.8. The number of aromatic nitrogens is 1. The maximum atomic E-state index is 12.8. The molecule has 1 aromatic carbocycles. The summed E-state index contributed by atoms with van der Waals surface area (Å²) in [6, 6.07) is 7.04. The SMILES string of the molecule is CCC(NC(=O)C1CCN(C(=O)c2ccccc2Cl)CC1)c1nc(C)c(C)s1. The summed E-state index contributed by atoms with van der Waals surface area (Å²) in [5.41, 5.74) is 1.55. The fourth-order valence-corrected chi connectivity index (χ4v) is 4.70. The highest BCUT2D eigenvalue weighted by atomic mass is 35.5. The molecule has 1 saturated heterocycles. The molecule has 2 aromatic rings. The maximum Gasteiger partial charge on any atom is 0.255 e. The molecule has 0 bridgehead atoms. The van der Waals surface area contributed by atoms with Crippen LogP contribution < -0.4 is 5.32 Å². The Kier molecular flexibility index (Phi) is 6.73. The lowest BCUT2D eigenvalue weighted by molar-refractivity contribution is -0.127. The van der Waals surface area contributed by atoms with Gasteiger partial charge in [-0.15, -0.1) is 11.3 Å². The summed E-state index contributed by atoms with van der Waals surface area (Å²) in [4.78, 5) is 33.0. The van der Waals surface area contributed by atoms with E-state index in [9.17, 15) is 9.59 Å². The van der Waals surface area contributed by atoms with Gasteiger partial charge in [0.1, 0.15) is 5.01 Å². The van der Waals surface area contributed by atoms with E-state index in [2.05, 4.69) is 24.1 Å². The molecule has 1 fully saturated rings. The van der Waals surface area contributed by atoms with Crippen molar-refractivity contribution in [3.05, 3.63) is 50.4 Å². The second-order valence-electron chi connectivity index (χ2n) is 7.21. The van der Waals surface area contributed by atoms with Gasteiger partial charge in [-0.2, -0.15) is 0 Å². The van der Waals surface area contributed by atoms with E-state index in [1.54, 1.807) is 28.4 Å². The average Bonchev–Trinajstić information content (AvgIpc) is 3.04. The Balaban J connectivity index is 1.57. The van der Waals surface area contributed by atoms with E-state index < -0.39 is 0 Å². The largest absolute Gasteiger partial charge is 0.347 e. The Hall–Kier alpha value is -1.92. The molecule has 5 nitrogen and oxygen atoms in total. The number of likely N-dealkylation sites (tertiary alicyclic amines) is 1. The lowest BCUT2D eigenvalue weighted by Gasteiger charge is -2.32. The minimum atomic E-state index is -0.0773. The maximum absolute atomic E-state index is 12.8. The highest BCUT2D eigenvalue weighted by Crippen LogP contribution is 2.27. The van der Waals surface area contributed by atoms with Crippen molar-refractivity contribution in [1.82, 2.24) is 15.2 Å². The summed E-state index contributed by atoms with van der Waals surface area (Å²) in [5.74, 6) is -0.0849. The zero-order valence-corrected chi connectivity index (χ0v) is 18.1. The van der Waals surface area contributed by atoms with Gasteiger partial charge < -0.3 is 10.2 Å². The molecule has 3 rings (SSSR count). The minimum absolute atomic E-state index is 0.0484. The van der Waals surface area contributed by atoms with Gasteiger partial charge in [0.15, 0.2) is 0 Å². The van der Waals surface area contributed by atoms with E-state index in [1.807, 2.05) is 19.1 Å². The smallest absolute Gasteiger partial charge is 0.255 e. The number of nitrogens with zero attached hydrogens (tertiary/aromatic N) is 2. The van der Waals surface area contributed by atoms with E-state index in [1.165, 1.54) is 4.88 Å². The summed E-state index contributed by atoms with van der Waals surface area (Å²) in [7, 11) is 0. The lowest BCUT2D eigenvalue weighted by Crippen LogP contribution is -2.43. The Morgan fingerprint density at radius 1 is 1.29 bits per heavy atom. The van der Waals surface area contributed by atoms with Crippen molar-refractivity contribution < 1.29 is 9.59 Å². The number of rotatable bonds is 5. The van der Waals surface area contributed by atoms with Crippen molar-refractivity contribution in [2.45, 2.75) is 46.1 Å². The van der Waals surface area contributed by atoms with Crippen molar-refractivity contribution in [3.8, 4) is 0 Å². The fraction of sp³-hybridized carbons (Fsp3) is 0.476. The Labute approximate surface area is 175 Å². The molecule has 150 valence electrons. The van der Waals surface area contributed by atoms with Crippen molar-refractivity contribution in [3.63, 3.8) is 0 Å². The number of nitrogens with one attached hydrogen (secondary N) is 1. The van der Waals surface area contributed by atoms with Gasteiger partial charge in [-0.05, 0) is 45.2 Å². The first-order valence-electron chi connectivity index (χ1n) is 9.68. The van der Waals surface area contributed by atoms with E-state index in [0.29, 0.717) is 36.5 Å². The second kappa shape index (κ2) is 9.05. The van der Waals surface area contributed by atoms with Crippen LogP contribution in [0.5, 0.6) is 0 Å². The Morgan fingerprint density at radius 2 is 1.96 bits per heavy atom. The Morgan fingerprint density at radius 3 is 2.54 bits per heavy atom. The summed E-state index contributed by atoms with van der Waals surface area (Å²) in [5, 5.41) is 4.60.